The van der Waals surface area contributed by atoms with Gasteiger partial charge in [0.15, 0.2) is 0 Å². The minimum atomic E-state index is -4.50. The van der Waals surface area contributed by atoms with Crippen LogP contribution in [-0.2, 0) is 15.7 Å². The fraction of sp³-hybridized carbons (Fsp3) is 0.462. The third-order valence-electron chi connectivity index (χ3n) is 2.61. The molecule has 0 aromatic heterocycles. The van der Waals surface area contributed by atoms with Crippen molar-refractivity contribution in [2.45, 2.75) is 25.6 Å². The van der Waals surface area contributed by atoms with E-state index in [4.69, 9.17) is 0 Å². The van der Waals surface area contributed by atoms with Crippen LogP contribution in [0.5, 0.6) is 0 Å². The number of halogens is 3. The Morgan fingerprint density at radius 1 is 1.37 bits per heavy atom. The quantitative estimate of drug-likeness (QED) is 0.840. The third-order valence-corrected chi connectivity index (χ3v) is 2.61. The van der Waals surface area contributed by atoms with Gasteiger partial charge in [0, 0.05) is 0 Å². The number of alkyl halides is 3. The molecule has 19 heavy (non-hydrogen) atoms. The molecule has 0 saturated carbocycles. The Labute approximate surface area is 109 Å². The summed E-state index contributed by atoms with van der Waals surface area (Å²) in [6.45, 7) is 2.28. The molecule has 6 heteroatoms. The van der Waals surface area contributed by atoms with Gasteiger partial charge in [-0.25, -0.2) is 4.79 Å². The van der Waals surface area contributed by atoms with Crippen molar-refractivity contribution in [3.63, 3.8) is 0 Å². The van der Waals surface area contributed by atoms with Crippen molar-refractivity contribution in [3.05, 3.63) is 35.4 Å². The second-order valence-electron chi connectivity index (χ2n) is 4.00. The first kappa shape index (κ1) is 15.5. The maximum absolute atomic E-state index is 12.9. The van der Waals surface area contributed by atoms with Crippen molar-refractivity contribution < 1.29 is 22.7 Å². The summed E-state index contributed by atoms with van der Waals surface area (Å²) in [6, 6.07) is 3.89. The van der Waals surface area contributed by atoms with E-state index in [0.717, 1.165) is 13.2 Å². The molecule has 1 N–H and O–H groups in total. The molecule has 1 rings (SSSR count). The largest absolute Gasteiger partial charge is 0.468 e. The SMILES string of the molecule is CCCNC(C(=O)OC)c1ccccc1C(F)(F)F. The zero-order chi connectivity index (χ0) is 14.5. The summed E-state index contributed by atoms with van der Waals surface area (Å²) in [5.41, 5.74) is -0.940. The molecule has 106 valence electrons. The van der Waals surface area contributed by atoms with Crippen molar-refractivity contribution in [1.82, 2.24) is 5.32 Å². The zero-order valence-electron chi connectivity index (χ0n) is 10.8. The van der Waals surface area contributed by atoms with Crippen LogP contribution in [0.3, 0.4) is 0 Å². The van der Waals surface area contributed by atoms with E-state index < -0.39 is 23.8 Å². The van der Waals surface area contributed by atoms with E-state index in [1.807, 2.05) is 6.92 Å². The number of carbonyl (C=O) groups is 1. The highest BCUT2D eigenvalue weighted by atomic mass is 19.4. The zero-order valence-corrected chi connectivity index (χ0v) is 10.8. The lowest BCUT2D eigenvalue weighted by molar-refractivity contribution is -0.145. The molecule has 0 amide bonds. The second-order valence-corrected chi connectivity index (χ2v) is 4.00. The lowest BCUT2D eigenvalue weighted by atomic mass is 9.99. The summed E-state index contributed by atoms with van der Waals surface area (Å²) < 4.78 is 43.3. The summed E-state index contributed by atoms with van der Waals surface area (Å²) in [4.78, 5) is 11.6. The Bertz CT molecular complexity index is 432. The van der Waals surface area contributed by atoms with Crippen molar-refractivity contribution in [2.75, 3.05) is 13.7 Å². The Kier molecular flexibility index (Phi) is 5.35. The standard InChI is InChI=1S/C13H16F3NO2/c1-3-8-17-11(12(18)19-2)9-6-4-5-7-10(9)13(14,15)16/h4-7,11,17H,3,8H2,1-2H3. The topological polar surface area (TPSA) is 38.3 Å². The summed E-state index contributed by atoms with van der Waals surface area (Å²) in [7, 11) is 1.15. The molecule has 1 unspecified atom stereocenters. The molecule has 1 aromatic carbocycles. The molecule has 0 radical (unpaired) electrons. The maximum atomic E-state index is 12.9. The molecule has 0 aliphatic carbocycles. The molecule has 1 atom stereocenters. The second kappa shape index (κ2) is 6.56. The smallest absolute Gasteiger partial charge is 0.416 e. The van der Waals surface area contributed by atoms with Gasteiger partial charge in [-0.1, -0.05) is 25.1 Å². The first-order valence-corrected chi connectivity index (χ1v) is 5.89. The van der Waals surface area contributed by atoms with E-state index in [2.05, 4.69) is 10.1 Å². The van der Waals surface area contributed by atoms with E-state index in [0.29, 0.717) is 13.0 Å². The normalized spacial score (nSPS) is 13.1. The molecule has 3 nitrogen and oxygen atoms in total. The van der Waals surface area contributed by atoms with Crippen molar-refractivity contribution in [3.8, 4) is 0 Å². The van der Waals surface area contributed by atoms with Crippen molar-refractivity contribution >= 4 is 5.97 Å². The third kappa shape index (κ3) is 3.96. The Hall–Kier alpha value is -1.56. The van der Waals surface area contributed by atoms with Gasteiger partial charge in [-0.3, -0.25) is 0 Å². The number of hydrogen-bond acceptors (Lipinski definition) is 3. The van der Waals surface area contributed by atoms with Gasteiger partial charge in [0.2, 0.25) is 0 Å². The van der Waals surface area contributed by atoms with Gasteiger partial charge in [-0.2, -0.15) is 13.2 Å². The van der Waals surface area contributed by atoms with Crippen LogP contribution in [0, 0.1) is 0 Å². The fourth-order valence-electron chi connectivity index (χ4n) is 1.73. The number of methoxy groups -OCH3 is 1. The molecule has 0 fully saturated rings. The van der Waals surface area contributed by atoms with Crippen LogP contribution >= 0.6 is 0 Å². The molecule has 0 aliphatic heterocycles. The molecule has 0 spiro atoms. The van der Waals surface area contributed by atoms with Crippen molar-refractivity contribution in [2.24, 2.45) is 0 Å². The number of carbonyl (C=O) groups excluding carboxylic acids is 1. The van der Waals surface area contributed by atoms with Gasteiger partial charge < -0.3 is 10.1 Å². The molecular weight excluding hydrogens is 259 g/mol. The Balaban J connectivity index is 3.18. The van der Waals surface area contributed by atoms with E-state index in [1.54, 1.807) is 0 Å². The van der Waals surface area contributed by atoms with E-state index in [-0.39, 0.29) is 5.56 Å². The molecular formula is C13H16F3NO2. The van der Waals surface area contributed by atoms with Crippen LogP contribution in [0.15, 0.2) is 24.3 Å². The van der Waals surface area contributed by atoms with Crippen LogP contribution in [0.25, 0.3) is 0 Å². The van der Waals surface area contributed by atoms with E-state index in [9.17, 15) is 18.0 Å². The van der Waals surface area contributed by atoms with Crippen LogP contribution in [0.1, 0.15) is 30.5 Å². The van der Waals surface area contributed by atoms with Gasteiger partial charge in [-0.15, -0.1) is 0 Å². The number of ether oxygens (including phenoxy) is 1. The number of hydrogen-bond donors (Lipinski definition) is 1. The average Bonchev–Trinajstić information content (AvgIpc) is 2.38. The first-order chi connectivity index (χ1) is 8.91. The summed E-state index contributed by atoms with van der Waals surface area (Å²) in [5.74, 6) is -0.731. The Morgan fingerprint density at radius 3 is 2.53 bits per heavy atom. The summed E-state index contributed by atoms with van der Waals surface area (Å²) >= 11 is 0. The van der Waals surface area contributed by atoms with E-state index in [1.165, 1.54) is 18.2 Å². The van der Waals surface area contributed by atoms with Gasteiger partial charge in [0.05, 0.1) is 12.7 Å². The molecule has 0 saturated heterocycles. The number of nitrogens with one attached hydrogen (secondary N) is 1. The molecule has 1 aromatic rings. The fourth-order valence-corrected chi connectivity index (χ4v) is 1.73. The van der Waals surface area contributed by atoms with Gasteiger partial charge in [0.1, 0.15) is 6.04 Å². The number of esters is 1. The highest BCUT2D eigenvalue weighted by Gasteiger charge is 2.36. The highest BCUT2D eigenvalue weighted by Crippen LogP contribution is 2.34. The van der Waals surface area contributed by atoms with E-state index >= 15 is 0 Å². The minimum Gasteiger partial charge on any atom is -0.468 e. The average molecular weight is 275 g/mol. The first-order valence-electron chi connectivity index (χ1n) is 5.89. The van der Waals surface area contributed by atoms with Gasteiger partial charge >= 0.3 is 12.1 Å². The Morgan fingerprint density at radius 2 is 2.00 bits per heavy atom. The van der Waals surface area contributed by atoms with Gasteiger partial charge in [-0.05, 0) is 24.6 Å². The maximum Gasteiger partial charge on any atom is 0.416 e. The minimum absolute atomic E-state index is 0.115. The predicted octanol–water partition coefficient (Wildman–Crippen LogP) is 2.92. The monoisotopic (exact) mass is 275 g/mol. The lowest BCUT2D eigenvalue weighted by Crippen LogP contribution is -2.32. The van der Waals surface area contributed by atoms with Gasteiger partial charge in [0.25, 0.3) is 0 Å². The summed E-state index contributed by atoms with van der Waals surface area (Å²) in [6.07, 6.45) is -3.81. The van der Waals surface area contributed by atoms with Crippen molar-refractivity contribution in [1.29, 1.82) is 0 Å². The molecule has 0 bridgehead atoms. The molecule has 0 heterocycles. The van der Waals surface area contributed by atoms with Crippen LogP contribution in [-0.4, -0.2) is 19.6 Å². The van der Waals surface area contributed by atoms with Crippen LogP contribution in [0.4, 0.5) is 13.2 Å². The summed E-state index contributed by atoms with van der Waals surface area (Å²) in [5, 5.41) is 2.77. The molecule has 0 aliphatic rings. The predicted molar refractivity (Wildman–Crippen MR) is 64.5 cm³/mol. The van der Waals surface area contributed by atoms with Crippen LogP contribution < -0.4 is 5.32 Å². The lowest BCUT2D eigenvalue weighted by Gasteiger charge is -2.20. The number of rotatable bonds is 5. The number of benzene rings is 1. The van der Waals surface area contributed by atoms with Crippen LogP contribution in [0.2, 0.25) is 0 Å². The highest BCUT2D eigenvalue weighted by molar-refractivity contribution is 5.78.